The Morgan fingerprint density at radius 1 is 1.31 bits per heavy atom. The lowest BCUT2D eigenvalue weighted by Crippen LogP contribution is -2.09. The van der Waals surface area contributed by atoms with E-state index in [2.05, 4.69) is 16.9 Å². The summed E-state index contributed by atoms with van der Waals surface area (Å²) in [6.45, 7) is 2.06. The van der Waals surface area contributed by atoms with E-state index in [9.17, 15) is 0 Å². The number of rotatable bonds is 3. The fourth-order valence-electron chi connectivity index (χ4n) is 2.06. The van der Waals surface area contributed by atoms with Crippen molar-refractivity contribution in [3.05, 3.63) is 11.9 Å². The van der Waals surface area contributed by atoms with E-state index in [-0.39, 0.29) is 0 Å². The Kier molecular flexibility index (Phi) is 4.04. The van der Waals surface area contributed by atoms with Gasteiger partial charge < -0.3 is 5.73 Å². The molecule has 0 spiro atoms. The van der Waals surface area contributed by atoms with Gasteiger partial charge in [-0.1, -0.05) is 26.2 Å². The number of hydrogen-bond acceptors (Lipinski definition) is 4. The predicted molar refractivity (Wildman–Crippen MR) is 68.6 cm³/mol. The van der Waals surface area contributed by atoms with E-state index in [4.69, 9.17) is 5.73 Å². The monoisotopic (exact) mass is 237 g/mol. The molecular weight excluding hydrogens is 218 g/mol. The molecule has 1 aromatic rings. The van der Waals surface area contributed by atoms with Crippen LogP contribution in [0.4, 0.5) is 5.82 Å². The van der Waals surface area contributed by atoms with Gasteiger partial charge in [-0.2, -0.15) is 0 Å². The number of aromatic nitrogens is 2. The van der Waals surface area contributed by atoms with Crippen LogP contribution < -0.4 is 5.73 Å². The number of nitrogens with two attached hydrogens (primary N) is 1. The summed E-state index contributed by atoms with van der Waals surface area (Å²) in [7, 11) is 0. The normalized spacial score (nSPS) is 17.6. The minimum Gasteiger partial charge on any atom is -0.384 e. The van der Waals surface area contributed by atoms with Crippen LogP contribution in [0.15, 0.2) is 11.1 Å². The molecule has 2 rings (SSSR count). The van der Waals surface area contributed by atoms with Crippen LogP contribution in [0.5, 0.6) is 0 Å². The average molecular weight is 237 g/mol. The maximum atomic E-state index is 5.78. The zero-order chi connectivity index (χ0) is 11.4. The van der Waals surface area contributed by atoms with Crippen LogP contribution in [-0.2, 0) is 6.42 Å². The zero-order valence-corrected chi connectivity index (χ0v) is 10.6. The van der Waals surface area contributed by atoms with Crippen molar-refractivity contribution in [1.29, 1.82) is 0 Å². The van der Waals surface area contributed by atoms with Crippen molar-refractivity contribution in [3.63, 3.8) is 0 Å². The van der Waals surface area contributed by atoms with Gasteiger partial charge in [0.05, 0.1) is 0 Å². The second-order valence-electron chi connectivity index (χ2n) is 4.28. The first-order valence-corrected chi connectivity index (χ1v) is 6.96. The van der Waals surface area contributed by atoms with Gasteiger partial charge in [-0.05, 0) is 12.8 Å². The smallest absolute Gasteiger partial charge is 0.131 e. The zero-order valence-electron chi connectivity index (χ0n) is 9.78. The van der Waals surface area contributed by atoms with Gasteiger partial charge in [0, 0.05) is 17.7 Å². The molecule has 0 radical (unpaired) electrons. The summed E-state index contributed by atoms with van der Waals surface area (Å²) in [4.78, 5) is 8.72. The minimum atomic E-state index is 0.602. The number of nitrogen functional groups attached to an aromatic ring is 1. The molecule has 1 saturated carbocycles. The number of thioether (sulfide) groups is 1. The number of hydrogen-bond donors (Lipinski definition) is 1. The standard InChI is InChI=1S/C12H19N3S/c1-2-11-14-10(13)8-12(15-11)16-9-6-4-3-5-7-9/h8-9H,2-7H2,1H3,(H2,13,14,15). The van der Waals surface area contributed by atoms with Crippen molar-refractivity contribution in [2.24, 2.45) is 0 Å². The minimum absolute atomic E-state index is 0.602. The van der Waals surface area contributed by atoms with Crippen molar-refractivity contribution >= 4 is 17.6 Å². The molecule has 0 aliphatic heterocycles. The van der Waals surface area contributed by atoms with E-state index in [1.54, 1.807) is 0 Å². The molecule has 4 heteroatoms. The number of aryl methyl sites for hydroxylation is 1. The van der Waals surface area contributed by atoms with Crippen LogP contribution in [0.1, 0.15) is 44.9 Å². The Morgan fingerprint density at radius 3 is 2.75 bits per heavy atom. The Bertz CT molecular complexity index is 348. The van der Waals surface area contributed by atoms with E-state index in [0.717, 1.165) is 22.5 Å². The molecule has 1 heterocycles. The number of nitrogens with zero attached hydrogens (tertiary/aromatic N) is 2. The summed E-state index contributed by atoms with van der Waals surface area (Å²) in [6, 6.07) is 1.90. The van der Waals surface area contributed by atoms with E-state index in [1.165, 1.54) is 32.1 Å². The first-order chi connectivity index (χ1) is 7.78. The summed E-state index contributed by atoms with van der Waals surface area (Å²) in [5.74, 6) is 1.46. The maximum Gasteiger partial charge on any atom is 0.131 e. The third-order valence-corrected chi connectivity index (χ3v) is 4.18. The van der Waals surface area contributed by atoms with E-state index < -0.39 is 0 Å². The third kappa shape index (κ3) is 3.11. The molecular formula is C12H19N3S. The summed E-state index contributed by atoms with van der Waals surface area (Å²) in [5.41, 5.74) is 5.78. The Morgan fingerprint density at radius 2 is 2.06 bits per heavy atom. The Labute approximate surface area is 101 Å². The van der Waals surface area contributed by atoms with Crippen LogP contribution >= 0.6 is 11.8 Å². The van der Waals surface area contributed by atoms with Crippen molar-refractivity contribution in [1.82, 2.24) is 9.97 Å². The fourth-order valence-corrected chi connectivity index (χ4v) is 3.32. The van der Waals surface area contributed by atoms with Crippen molar-refractivity contribution in [2.75, 3.05) is 5.73 Å². The highest BCUT2D eigenvalue weighted by Gasteiger charge is 2.15. The first kappa shape index (κ1) is 11.7. The van der Waals surface area contributed by atoms with Crippen molar-refractivity contribution < 1.29 is 0 Å². The first-order valence-electron chi connectivity index (χ1n) is 6.08. The molecule has 16 heavy (non-hydrogen) atoms. The fraction of sp³-hybridized carbons (Fsp3) is 0.667. The average Bonchev–Trinajstić information content (AvgIpc) is 2.29. The molecule has 1 aromatic heterocycles. The van der Waals surface area contributed by atoms with Crippen LogP contribution in [0.2, 0.25) is 0 Å². The molecule has 0 aromatic carbocycles. The van der Waals surface area contributed by atoms with E-state index in [1.807, 2.05) is 17.8 Å². The Hall–Kier alpha value is -0.770. The second-order valence-corrected chi connectivity index (χ2v) is 5.60. The summed E-state index contributed by atoms with van der Waals surface area (Å²) < 4.78 is 0. The van der Waals surface area contributed by atoms with Gasteiger partial charge in [-0.25, -0.2) is 9.97 Å². The summed E-state index contributed by atoms with van der Waals surface area (Å²) in [5, 5.41) is 1.78. The van der Waals surface area contributed by atoms with Crippen LogP contribution in [0, 0.1) is 0 Å². The molecule has 3 nitrogen and oxygen atoms in total. The van der Waals surface area contributed by atoms with Gasteiger partial charge in [-0.3, -0.25) is 0 Å². The van der Waals surface area contributed by atoms with Gasteiger partial charge >= 0.3 is 0 Å². The van der Waals surface area contributed by atoms with Crippen LogP contribution in [-0.4, -0.2) is 15.2 Å². The third-order valence-electron chi connectivity index (χ3n) is 2.92. The van der Waals surface area contributed by atoms with Crippen LogP contribution in [0.25, 0.3) is 0 Å². The quantitative estimate of drug-likeness (QED) is 0.821. The largest absolute Gasteiger partial charge is 0.384 e. The van der Waals surface area contributed by atoms with Gasteiger partial charge in [0.1, 0.15) is 16.7 Å². The molecule has 0 saturated heterocycles. The molecule has 2 N–H and O–H groups in total. The highest BCUT2D eigenvalue weighted by molar-refractivity contribution is 7.99. The topological polar surface area (TPSA) is 51.8 Å². The van der Waals surface area contributed by atoms with Crippen LogP contribution in [0.3, 0.4) is 0 Å². The Balaban J connectivity index is 2.04. The van der Waals surface area contributed by atoms with Gasteiger partial charge in [0.25, 0.3) is 0 Å². The van der Waals surface area contributed by atoms with Crippen molar-refractivity contribution in [3.8, 4) is 0 Å². The lowest BCUT2D eigenvalue weighted by molar-refractivity contribution is 0.515. The molecule has 0 bridgehead atoms. The maximum absolute atomic E-state index is 5.78. The molecule has 1 aliphatic carbocycles. The molecule has 1 fully saturated rings. The highest BCUT2D eigenvalue weighted by Crippen LogP contribution is 2.32. The summed E-state index contributed by atoms with van der Waals surface area (Å²) in [6.07, 6.45) is 7.59. The lowest BCUT2D eigenvalue weighted by atomic mass is 10.0. The van der Waals surface area contributed by atoms with E-state index >= 15 is 0 Å². The second kappa shape index (κ2) is 5.53. The molecule has 0 unspecified atom stereocenters. The van der Waals surface area contributed by atoms with Gasteiger partial charge in [0.2, 0.25) is 0 Å². The van der Waals surface area contributed by atoms with E-state index in [0.29, 0.717) is 5.82 Å². The van der Waals surface area contributed by atoms with Gasteiger partial charge in [0.15, 0.2) is 0 Å². The SMILES string of the molecule is CCc1nc(N)cc(SC2CCCCC2)n1. The van der Waals surface area contributed by atoms with Gasteiger partial charge in [-0.15, -0.1) is 11.8 Å². The van der Waals surface area contributed by atoms with Crippen molar-refractivity contribution in [2.45, 2.75) is 55.7 Å². The summed E-state index contributed by atoms with van der Waals surface area (Å²) >= 11 is 1.88. The molecule has 88 valence electrons. The predicted octanol–water partition coefficient (Wildman–Crippen LogP) is 3.05. The molecule has 0 atom stereocenters. The highest BCUT2D eigenvalue weighted by atomic mass is 32.2. The number of anilines is 1. The molecule has 0 amide bonds. The molecule has 1 aliphatic rings. The lowest BCUT2D eigenvalue weighted by Gasteiger charge is -2.20.